The molecule has 0 amide bonds. The maximum atomic E-state index is 6.30. The number of rotatable bonds is 9. The number of nitrogens with two attached hydrogens (primary N) is 1. The Morgan fingerprint density at radius 1 is 1.08 bits per heavy atom. The zero-order chi connectivity index (χ0) is 25.7. The number of hydrogen-bond donors (Lipinski definition) is 2. The Labute approximate surface area is 221 Å². The molecule has 1 saturated heterocycles. The fourth-order valence-electron chi connectivity index (χ4n) is 4.73. The molecule has 192 valence electrons. The number of hydrogen-bond acceptors (Lipinski definition) is 6. The third-order valence-electron chi connectivity index (χ3n) is 7.28. The van der Waals surface area contributed by atoms with Gasteiger partial charge in [0, 0.05) is 34.9 Å². The van der Waals surface area contributed by atoms with Gasteiger partial charge in [-0.25, -0.2) is 9.97 Å². The van der Waals surface area contributed by atoms with Gasteiger partial charge in [-0.2, -0.15) is 0 Å². The molecule has 1 aliphatic rings. The van der Waals surface area contributed by atoms with Crippen LogP contribution in [-0.4, -0.2) is 28.6 Å². The monoisotopic (exact) mass is 503 g/mol. The highest BCUT2D eigenvalue weighted by Crippen LogP contribution is 2.35. The van der Waals surface area contributed by atoms with Gasteiger partial charge < -0.3 is 16.0 Å². The summed E-state index contributed by atoms with van der Waals surface area (Å²) in [4.78, 5) is 13.2. The number of nitrogens with one attached hydrogen (secondary N) is 1. The van der Waals surface area contributed by atoms with Crippen LogP contribution in [-0.2, 0) is 12.8 Å². The number of aryl methyl sites for hydroxylation is 3. The van der Waals surface area contributed by atoms with Gasteiger partial charge in [0.2, 0.25) is 0 Å². The predicted octanol–water partition coefficient (Wildman–Crippen LogP) is 7.21. The van der Waals surface area contributed by atoms with Crippen LogP contribution in [0, 0.1) is 13.8 Å². The van der Waals surface area contributed by atoms with E-state index in [0.717, 1.165) is 66.7 Å². The van der Waals surface area contributed by atoms with E-state index in [9.17, 15) is 0 Å². The molecule has 0 atom stereocenters. The molecule has 1 aliphatic heterocycles. The average Bonchev–Trinajstić information content (AvgIpc) is 2.86. The Balaban J connectivity index is 1.49. The molecular formula is C30H41N5S. The van der Waals surface area contributed by atoms with Crippen LogP contribution in [0.1, 0.15) is 68.8 Å². The molecule has 1 aromatic heterocycles. The van der Waals surface area contributed by atoms with E-state index in [1.807, 2.05) is 6.20 Å². The fourth-order valence-corrected chi connectivity index (χ4v) is 5.64. The van der Waals surface area contributed by atoms with Gasteiger partial charge in [-0.15, -0.1) is 0 Å². The first-order valence-corrected chi connectivity index (χ1v) is 14.1. The lowest BCUT2D eigenvalue weighted by atomic mass is 9.91. The van der Waals surface area contributed by atoms with Crippen LogP contribution >= 0.6 is 11.8 Å². The third-order valence-corrected chi connectivity index (χ3v) is 8.53. The molecule has 36 heavy (non-hydrogen) atoms. The van der Waals surface area contributed by atoms with Crippen molar-refractivity contribution < 1.29 is 0 Å². The van der Waals surface area contributed by atoms with Gasteiger partial charge in [0.05, 0.1) is 11.9 Å². The van der Waals surface area contributed by atoms with Gasteiger partial charge in [-0.1, -0.05) is 44.2 Å². The minimum atomic E-state index is -0.0690. The van der Waals surface area contributed by atoms with Gasteiger partial charge in [0.15, 0.2) is 0 Å². The number of nitrogens with zero attached hydrogens (tertiary/aromatic N) is 3. The highest BCUT2D eigenvalue weighted by Gasteiger charge is 2.26. The van der Waals surface area contributed by atoms with Crippen molar-refractivity contribution in [3.8, 4) is 0 Å². The molecule has 0 spiro atoms. The largest absolute Gasteiger partial charge is 0.355 e. The molecule has 0 radical (unpaired) electrons. The summed E-state index contributed by atoms with van der Waals surface area (Å²) in [5.41, 5.74) is 13.6. The van der Waals surface area contributed by atoms with Crippen molar-refractivity contribution in [3.05, 3.63) is 65.0 Å². The lowest BCUT2D eigenvalue weighted by molar-refractivity contribution is 0.363. The van der Waals surface area contributed by atoms with Gasteiger partial charge in [0.25, 0.3) is 0 Å². The van der Waals surface area contributed by atoms with E-state index in [0.29, 0.717) is 0 Å². The van der Waals surface area contributed by atoms with Crippen molar-refractivity contribution in [1.82, 2.24) is 9.97 Å². The molecule has 0 unspecified atom stereocenters. The number of unbranched alkanes of at least 4 members (excludes halogenated alkanes) is 1. The second-order valence-corrected chi connectivity index (χ2v) is 11.4. The van der Waals surface area contributed by atoms with E-state index < -0.39 is 0 Å². The van der Waals surface area contributed by atoms with Gasteiger partial charge in [-0.3, -0.25) is 0 Å². The van der Waals surface area contributed by atoms with Crippen molar-refractivity contribution in [2.75, 3.05) is 23.3 Å². The van der Waals surface area contributed by atoms with Gasteiger partial charge >= 0.3 is 0 Å². The van der Waals surface area contributed by atoms with Crippen molar-refractivity contribution in [1.29, 1.82) is 0 Å². The van der Waals surface area contributed by atoms with Crippen molar-refractivity contribution >= 4 is 29.0 Å². The quantitative estimate of drug-likeness (QED) is 0.321. The van der Waals surface area contributed by atoms with Crippen molar-refractivity contribution in [2.45, 2.75) is 88.6 Å². The van der Waals surface area contributed by atoms with E-state index >= 15 is 0 Å². The maximum absolute atomic E-state index is 6.30. The number of aromatic nitrogens is 2. The van der Waals surface area contributed by atoms with Crippen molar-refractivity contribution in [2.24, 2.45) is 5.73 Å². The van der Waals surface area contributed by atoms with Gasteiger partial charge in [-0.05, 0) is 93.8 Å². The lowest BCUT2D eigenvalue weighted by Gasteiger charge is -2.37. The summed E-state index contributed by atoms with van der Waals surface area (Å²) in [5, 5.41) is 4.63. The summed E-state index contributed by atoms with van der Waals surface area (Å²) in [6.07, 6.45) is 8.53. The zero-order valence-corrected chi connectivity index (χ0v) is 23.3. The highest BCUT2D eigenvalue weighted by atomic mass is 32.2. The number of benzene rings is 2. The smallest absolute Gasteiger partial charge is 0.147 e. The Morgan fingerprint density at radius 3 is 2.56 bits per heavy atom. The summed E-state index contributed by atoms with van der Waals surface area (Å²) >= 11 is 1.69. The standard InChI is InChI=1S/C30H41N5S/c1-6-8-10-24-19-25(14-13-23(24)7-2)34-26-11-9-12-27(21(26)3)36-29-22(4)33-28(20-32-29)35-17-15-30(5,31)16-18-35/h9,11-14,19-20,34H,6-8,10,15-18,31H2,1-5H3. The van der Waals surface area contributed by atoms with Gasteiger partial charge in [0.1, 0.15) is 10.8 Å². The Bertz CT molecular complexity index is 1180. The molecule has 3 aromatic rings. The molecule has 2 aromatic carbocycles. The molecule has 0 bridgehead atoms. The van der Waals surface area contributed by atoms with E-state index in [-0.39, 0.29) is 5.54 Å². The Hall–Kier alpha value is -2.57. The average molecular weight is 504 g/mol. The van der Waals surface area contributed by atoms with Crippen LogP contribution in [0.15, 0.2) is 52.5 Å². The predicted molar refractivity (Wildman–Crippen MR) is 154 cm³/mol. The first kappa shape index (κ1) is 26.5. The second kappa shape index (κ2) is 11.7. The topological polar surface area (TPSA) is 67.1 Å². The van der Waals surface area contributed by atoms with E-state index in [1.54, 1.807) is 11.8 Å². The third kappa shape index (κ3) is 6.40. The normalized spacial score (nSPS) is 15.2. The SMILES string of the molecule is CCCCc1cc(Nc2cccc(Sc3ncc(N4CCC(C)(N)CC4)nc3C)c2C)ccc1CC. The lowest BCUT2D eigenvalue weighted by Crippen LogP contribution is -2.48. The first-order chi connectivity index (χ1) is 17.3. The van der Waals surface area contributed by atoms with E-state index in [1.165, 1.54) is 34.4 Å². The molecule has 0 saturated carbocycles. The van der Waals surface area contributed by atoms with Crippen LogP contribution in [0.2, 0.25) is 0 Å². The first-order valence-electron chi connectivity index (χ1n) is 13.3. The molecule has 2 heterocycles. The summed E-state index contributed by atoms with van der Waals surface area (Å²) in [7, 11) is 0. The number of anilines is 3. The molecule has 1 fully saturated rings. The number of piperidine rings is 1. The summed E-state index contributed by atoms with van der Waals surface area (Å²) < 4.78 is 0. The summed E-state index contributed by atoms with van der Waals surface area (Å²) in [6, 6.07) is 13.2. The second-order valence-electron chi connectivity index (χ2n) is 10.4. The fraction of sp³-hybridized carbons (Fsp3) is 0.467. The maximum Gasteiger partial charge on any atom is 0.147 e. The van der Waals surface area contributed by atoms with Crippen LogP contribution in [0.5, 0.6) is 0 Å². The highest BCUT2D eigenvalue weighted by molar-refractivity contribution is 7.99. The molecule has 5 nitrogen and oxygen atoms in total. The molecule has 4 rings (SSSR count). The van der Waals surface area contributed by atoms with Crippen LogP contribution in [0.25, 0.3) is 0 Å². The van der Waals surface area contributed by atoms with E-state index in [2.05, 4.69) is 81.2 Å². The molecule has 6 heteroatoms. The Kier molecular flexibility index (Phi) is 8.58. The molecular weight excluding hydrogens is 462 g/mol. The van der Waals surface area contributed by atoms with E-state index in [4.69, 9.17) is 15.7 Å². The molecule has 3 N–H and O–H groups in total. The minimum absolute atomic E-state index is 0.0690. The van der Waals surface area contributed by atoms with Crippen LogP contribution in [0.4, 0.5) is 17.2 Å². The Morgan fingerprint density at radius 2 is 1.86 bits per heavy atom. The van der Waals surface area contributed by atoms with Crippen LogP contribution < -0.4 is 16.0 Å². The summed E-state index contributed by atoms with van der Waals surface area (Å²) in [6.45, 7) is 12.7. The van der Waals surface area contributed by atoms with Crippen molar-refractivity contribution in [3.63, 3.8) is 0 Å². The molecule has 0 aliphatic carbocycles. The van der Waals surface area contributed by atoms with Crippen LogP contribution in [0.3, 0.4) is 0 Å². The minimum Gasteiger partial charge on any atom is -0.355 e. The summed E-state index contributed by atoms with van der Waals surface area (Å²) in [5.74, 6) is 0.953. The zero-order valence-electron chi connectivity index (χ0n) is 22.5.